The molecule has 3 nitrogen and oxygen atoms in total. The van der Waals surface area contributed by atoms with E-state index in [0.29, 0.717) is 6.29 Å². The van der Waals surface area contributed by atoms with E-state index in [-0.39, 0.29) is 5.57 Å². The Bertz CT molecular complexity index is 1330. The SMILES string of the molecule is C=C/C=C(C=O)\C=C(\F)CF.Cn1c(-c2cccc3ccccc23)nc2ccc(Br)cc21. The van der Waals surface area contributed by atoms with Crippen molar-refractivity contribution in [1.82, 2.24) is 9.55 Å². The number of hydrogen-bond acceptors (Lipinski definition) is 2. The summed E-state index contributed by atoms with van der Waals surface area (Å²) < 4.78 is 26.9. The van der Waals surface area contributed by atoms with Crippen LogP contribution in [0.4, 0.5) is 8.78 Å². The van der Waals surface area contributed by atoms with E-state index in [2.05, 4.69) is 82.7 Å². The molecule has 1 heterocycles. The van der Waals surface area contributed by atoms with Crippen molar-refractivity contribution < 1.29 is 13.6 Å². The monoisotopic (exact) mass is 494 g/mol. The van der Waals surface area contributed by atoms with Crippen molar-refractivity contribution in [3.8, 4) is 11.4 Å². The molecular formula is C26H21BrF2N2O. The van der Waals surface area contributed by atoms with E-state index in [4.69, 9.17) is 4.98 Å². The van der Waals surface area contributed by atoms with E-state index >= 15 is 0 Å². The van der Waals surface area contributed by atoms with Crippen molar-refractivity contribution in [3.05, 3.63) is 101 Å². The summed E-state index contributed by atoms with van der Waals surface area (Å²) in [7, 11) is 2.07. The summed E-state index contributed by atoms with van der Waals surface area (Å²) in [5, 5.41) is 2.47. The number of carbonyl (C=O) groups is 1. The fraction of sp³-hybridized carbons (Fsp3) is 0.0769. The summed E-state index contributed by atoms with van der Waals surface area (Å²) in [5.74, 6) is 0.0325. The Balaban J connectivity index is 0.000000226. The summed E-state index contributed by atoms with van der Waals surface area (Å²) in [5.41, 5.74) is 3.38. The molecule has 0 bridgehead atoms. The minimum atomic E-state index is -1.19. The molecule has 0 fully saturated rings. The molecule has 0 aliphatic rings. The molecule has 4 rings (SSSR count). The molecule has 0 unspecified atom stereocenters. The van der Waals surface area contributed by atoms with Crippen molar-refractivity contribution in [2.24, 2.45) is 7.05 Å². The second-order valence-corrected chi connectivity index (χ2v) is 7.81. The fourth-order valence-electron chi connectivity index (χ4n) is 3.30. The highest BCUT2D eigenvalue weighted by atomic mass is 79.9. The molecule has 0 radical (unpaired) electrons. The second-order valence-electron chi connectivity index (χ2n) is 6.90. The Morgan fingerprint density at radius 3 is 2.62 bits per heavy atom. The molecule has 6 heteroatoms. The maximum Gasteiger partial charge on any atom is 0.150 e. The number of nitrogens with zero attached hydrogens (tertiary/aromatic N) is 2. The van der Waals surface area contributed by atoms with Gasteiger partial charge in [0.1, 0.15) is 24.6 Å². The van der Waals surface area contributed by atoms with Gasteiger partial charge < -0.3 is 4.57 Å². The minimum absolute atomic E-state index is 0.0650. The summed E-state index contributed by atoms with van der Waals surface area (Å²) in [6, 6.07) is 21.0. The zero-order valence-electron chi connectivity index (χ0n) is 17.4. The first-order chi connectivity index (χ1) is 15.5. The van der Waals surface area contributed by atoms with Crippen LogP contribution in [0, 0.1) is 0 Å². The van der Waals surface area contributed by atoms with Crippen LogP contribution in [0.15, 0.2) is 101 Å². The topological polar surface area (TPSA) is 34.9 Å². The summed E-state index contributed by atoms with van der Waals surface area (Å²) in [6.45, 7) is 2.11. The van der Waals surface area contributed by atoms with Crippen molar-refractivity contribution in [2.45, 2.75) is 0 Å². The number of alkyl halides is 1. The third-order valence-corrected chi connectivity index (χ3v) is 5.26. The van der Waals surface area contributed by atoms with Gasteiger partial charge in [-0.15, -0.1) is 0 Å². The number of halogens is 3. The van der Waals surface area contributed by atoms with Crippen LogP contribution in [0.5, 0.6) is 0 Å². The van der Waals surface area contributed by atoms with Gasteiger partial charge in [0.05, 0.1) is 11.0 Å². The quantitative estimate of drug-likeness (QED) is 0.166. The Hall–Kier alpha value is -3.38. The van der Waals surface area contributed by atoms with Gasteiger partial charge in [0.15, 0.2) is 0 Å². The molecule has 0 atom stereocenters. The van der Waals surface area contributed by atoms with Gasteiger partial charge in [0.25, 0.3) is 0 Å². The first kappa shape index (κ1) is 23.3. The Morgan fingerprint density at radius 2 is 1.91 bits per heavy atom. The van der Waals surface area contributed by atoms with E-state index in [0.717, 1.165) is 27.4 Å². The number of aryl methyl sites for hydroxylation is 1. The van der Waals surface area contributed by atoms with Crippen LogP contribution in [0.3, 0.4) is 0 Å². The molecular weight excluding hydrogens is 474 g/mol. The first-order valence-electron chi connectivity index (χ1n) is 9.78. The average molecular weight is 495 g/mol. The smallest absolute Gasteiger partial charge is 0.150 e. The van der Waals surface area contributed by atoms with E-state index in [9.17, 15) is 13.6 Å². The van der Waals surface area contributed by atoms with Gasteiger partial charge in [0.2, 0.25) is 0 Å². The highest BCUT2D eigenvalue weighted by molar-refractivity contribution is 9.10. The second kappa shape index (κ2) is 10.8. The standard InChI is InChI=1S/C18H13BrN2.C8H8F2O/c1-21-17-11-13(19)9-10-16(17)20-18(21)15-8-4-6-12-5-2-3-7-14(12)15;1-2-3-7(6-11)4-8(10)5-9/h2-11H,1H3;2-4,6H,1,5H2/b;7-3+,8-4+. The van der Waals surface area contributed by atoms with Crippen LogP contribution >= 0.6 is 15.9 Å². The van der Waals surface area contributed by atoms with E-state index in [1.54, 1.807) is 0 Å². The first-order valence-corrected chi connectivity index (χ1v) is 10.6. The number of rotatable bonds is 5. The van der Waals surface area contributed by atoms with Crippen LogP contribution in [-0.4, -0.2) is 22.5 Å². The lowest BCUT2D eigenvalue weighted by molar-refractivity contribution is -0.104. The number of allylic oxidation sites excluding steroid dienone is 5. The van der Waals surface area contributed by atoms with Gasteiger partial charge in [-0.3, -0.25) is 4.79 Å². The van der Waals surface area contributed by atoms with Gasteiger partial charge >= 0.3 is 0 Å². The molecule has 0 aliphatic carbocycles. The van der Waals surface area contributed by atoms with Gasteiger partial charge in [0, 0.05) is 22.7 Å². The Labute approximate surface area is 193 Å². The van der Waals surface area contributed by atoms with Crippen LogP contribution in [0.25, 0.3) is 33.2 Å². The predicted molar refractivity (Wildman–Crippen MR) is 131 cm³/mol. The van der Waals surface area contributed by atoms with Gasteiger partial charge in [-0.25, -0.2) is 13.8 Å². The van der Waals surface area contributed by atoms with Gasteiger partial charge in [-0.05, 0) is 35.0 Å². The normalized spacial score (nSPS) is 11.9. The molecule has 162 valence electrons. The number of aromatic nitrogens is 2. The van der Waals surface area contributed by atoms with Crippen LogP contribution in [0.2, 0.25) is 0 Å². The number of carbonyl (C=O) groups excluding carboxylic acids is 1. The summed E-state index contributed by atoms with van der Waals surface area (Å²) >= 11 is 3.53. The highest BCUT2D eigenvalue weighted by Crippen LogP contribution is 2.30. The number of fused-ring (bicyclic) bond motifs is 2. The largest absolute Gasteiger partial charge is 0.327 e. The van der Waals surface area contributed by atoms with Crippen molar-refractivity contribution in [3.63, 3.8) is 0 Å². The van der Waals surface area contributed by atoms with Crippen molar-refractivity contribution in [2.75, 3.05) is 6.67 Å². The number of aldehydes is 1. The number of hydrogen-bond donors (Lipinski definition) is 0. The predicted octanol–water partition coefficient (Wildman–Crippen LogP) is 7.28. The summed E-state index contributed by atoms with van der Waals surface area (Å²) in [4.78, 5) is 14.9. The Morgan fingerprint density at radius 1 is 1.16 bits per heavy atom. The molecule has 3 aromatic carbocycles. The highest BCUT2D eigenvalue weighted by Gasteiger charge is 2.12. The third kappa shape index (κ3) is 5.26. The number of benzene rings is 3. The fourth-order valence-corrected chi connectivity index (χ4v) is 3.65. The lowest BCUT2D eigenvalue weighted by atomic mass is 10.0. The Kier molecular flexibility index (Phi) is 7.84. The number of imidazole rings is 1. The average Bonchev–Trinajstić information content (AvgIpc) is 3.14. The zero-order valence-corrected chi connectivity index (χ0v) is 19.0. The zero-order chi connectivity index (χ0) is 23.1. The molecule has 32 heavy (non-hydrogen) atoms. The molecule has 0 saturated carbocycles. The molecule has 0 amide bonds. The van der Waals surface area contributed by atoms with Gasteiger partial charge in [-0.1, -0.05) is 77.1 Å². The van der Waals surface area contributed by atoms with E-state index < -0.39 is 12.5 Å². The van der Waals surface area contributed by atoms with Crippen molar-refractivity contribution >= 4 is 44.0 Å². The van der Waals surface area contributed by atoms with Gasteiger partial charge in [-0.2, -0.15) is 0 Å². The van der Waals surface area contributed by atoms with Crippen LogP contribution in [0.1, 0.15) is 0 Å². The minimum Gasteiger partial charge on any atom is -0.327 e. The third-order valence-electron chi connectivity index (χ3n) is 4.77. The molecule has 0 aliphatic heterocycles. The summed E-state index contributed by atoms with van der Waals surface area (Å²) in [6.07, 6.45) is 3.87. The molecule has 0 saturated heterocycles. The van der Waals surface area contributed by atoms with Crippen molar-refractivity contribution in [1.29, 1.82) is 0 Å². The molecule has 0 N–H and O–H groups in total. The molecule has 4 aromatic rings. The lowest BCUT2D eigenvalue weighted by Gasteiger charge is -2.06. The molecule has 0 spiro atoms. The lowest BCUT2D eigenvalue weighted by Crippen LogP contribution is -1.93. The molecule has 1 aromatic heterocycles. The van der Waals surface area contributed by atoms with E-state index in [1.165, 1.54) is 28.5 Å². The maximum atomic E-state index is 12.1. The van der Waals surface area contributed by atoms with E-state index in [1.807, 2.05) is 12.1 Å². The van der Waals surface area contributed by atoms with Crippen LogP contribution in [-0.2, 0) is 11.8 Å². The maximum absolute atomic E-state index is 12.1. The van der Waals surface area contributed by atoms with Crippen LogP contribution < -0.4 is 0 Å².